The van der Waals surface area contributed by atoms with Gasteiger partial charge >= 0.3 is 6.03 Å². The molecule has 0 saturated carbocycles. The summed E-state index contributed by atoms with van der Waals surface area (Å²) < 4.78 is 5.56. The zero-order valence-corrected chi connectivity index (χ0v) is 13.4. The number of fused-ring (bicyclic) bond motifs is 1. The highest BCUT2D eigenvalue weighted by molar-refractivity contribution is 7.09. The number of hydrogen-bond donors (Lipinski definition) is 2. The number of benzene rings is 1. The highest BCUT2D eigenvalue weighted by Crippen LogP contribution is 2.31. The van der Waals surface area contributed by atoms with Gasteiger partial charge in [-0.3, -0.25) is 0 Å². The molecule has 2 heterocycles. The first-order chi connectivity index (χ1) is 10.6. The lowest BCUT2D eigenvalue weighted by Gasteiger charge is -2.14. The second-order valence-electron chi connectivity index (χ2n) is 5.48. The smallest absolute Gasteiger partial charge is 0.315 e. The molecule has 1 aromatic carbocycles. The molecule has 2 amide bonds. The molecular formula is C16H19N3O2S. The van der Waals surface area contributed by atoms with Crippen LogP contribution in [0, 0.1) is 6.92 Å². The third-order valence-electron chi connectivity index (χ3n) is 3.63. The van der Waals surface area contributed by atoms with Gasteiger partial charge in [0.15, 0.2) is 0 Å². The molecule has 0 radical (unpaired) electrons. The van der Waals surface area contributed by atoms with Crippen LogP contribution in [0.2, 0.25) is 0 Å². The molecule has 0 aliphatic carbocycles. The van der Waals surface area contributed by atoms with Crippen LogP contribution >= 0.6 is 11.3 Å². The number of urea groups is 1. The molecular weight excluding hydrogens is 298 g/mol. The molecule has 3 rings (SSSR count). The summed E-state index contributed by atoms with van der Waals surface area (Å²) >= 11 is 1.63. The minimum absolute atomic E-state index is 0.0892. The largest absolute Gasteiger partial charge is 0.491 e. The van der Waals surface area contributed by atoms with E-state index in [-0.39, 0.29) is 18.0 Å². The van der Waals surface area contributed by atoms with Gasteiger partial charge in [0, 0.05) is 29.1 Å². The van der Waals surface area contributed by atoms with Gasteiger partial charge in [-0.05, 0) is 13.0 Å². The summed E-state index contributed by atoms with van der Waals surface area (Å²) in [7, 11) is 0. The first-order valence-corrected chi connectivity index (χ1v) is 8.19. The maximum atomic E-state index is 12.1. The number of aryl methyl sites for hydroxylation is 1. The average molecular weight is 317 g/mol. The first kappa shape index (κ1) is 14.8. The van der Waals surface area contributed by atoms with E-state index >= 15 is 0 Å². The Bertz CT molecular complexity index is 671. The summed E-state index contributed by atoms with van der Waals surface area (Å²) in [5.74, 6) is 1.05. The van der Waals surface area contributed by atoms with E-state index in [1.807, 2.05) is 36.6 Å². The van der Waals surface area contributed by atoms with E-state index in [2.05, 4.69) is 22.5 Å². The van der Waals surface area contributed by atoms with Gasteiger partial charge < -0.3 is 15.4 Å². The molecule has 1 aliphatic heterocycles. The van der Waals surface area contributed by atoms with Crippen LogP contribution in [0.15, 0.2) is 29.6 Å². The molecule has 1 aromatic heterocycles. The van der Waals surface area contributed by atoms with Gasteiger partial charge in [-0.15, -0.1) is 11.3 Å². The van der Waals surface area contributed by atoms with E-state index in [9.17, 15) is 4.79 Å². The Balaban J connectivity index is 1.51. The Labute approximate surface area is 133 Å². The highest BCUT2D eigenvalue weighted by Gasteiger charge is 2.25. The van der Waals surface area contributed by atoms with Crippen molar-refractivity contribution in [2.24, 2.45) is 0 Å². The van der Waals surface area contributed by atoms with E-state index in [0.717, 1.165) is 22.0 Å². The molecule has 1 aliphatic rings. The maximum absolute atomic E-state index is 12.1. The third-order valence-corrected chi connectivity index (χ3v) is 4.83. The highest BCUT2D eigenvalue weighted by atomic mass is 32.1. The number of hydrogen-bond acceptors (Lipinski definition) is 4. The van der Waals surface area contributed by atoms with Crippen LogP contribution in [0.4, 0.5) is 4.79 Å². The van der Waals surface area contributed by atoms with Crippen molar-refractivity contribution in [3.05, 3.63) is 45.9 Å². The Morgan fingerprint density at radius 2 is 2.32 bits per heavy atom. The molecule has 0 unspecified atom stereocenters. The number of amides is 2. The van der Waals surface area contributed by atoms with Crippen LogP contribution in [0.25, 0.3) is 0 Å². The van der Waals surface area contributed by atoms with Crippen molar-refractivity contribution >= 4 is 17.4 Å². The third kappa shape index (κ3) is 3.22. The van der Waals surface area contributed by atoms with Crippen LogP contribution in [-0.4, -0.2) is 24.2 Å². The Morgan fingerprint density at radius 1 is 1.50 bits per heavy atom. The predicted molar refractivity (Wildman–Crippen MR) is 86.5 cm³/mol. The molecule has 2 N–H and O–H groups in total. The zero-order valence-electron chi connectivity index (χ0n) is 12.6. The molecule has 0 bridgehead atoms. The molecule has 2 aromatic rings. The van der Waals surface area contributed by atoms with E-state index in [1.54, 1.807) is 11.3 Å². The quantitative estimate of drug-likeness (QED) is 0.911. The number of para-hydroxylation sites is 1. The number of aromatic nitrogens is 1. The molecule has 0 saturated heterocycles. The minimum Gasteiger partial charge on any atom is -0.491 e. The monoisotopic (exact) mass is 317 g/mol. The molecule has 5 nitrogen and oxygen atoms in total. The predicted octanol–water partition coefficient (Wildman–Crippen LogP) is 2.99. The Kier molecular flexibility index (Phi) is 4.29. The van der Waals surface area contributed by atoms with E-state index in [1.165, 1.54) is 0 Å². The van der Waals surface area contributed by atoms with Gasteiger partial charge in [0.25, 0.3) is 0 Å². The summed E-state index contributed by atoms with van der Waals surface area (Å²) in [5.41, 5.74) is 2.05. The number of rotatable bonds is 4. The fourth-order valence-electron chi connectivity index (χ4n) is 2.42. The van der Waals surface area contributed by atoms with E-state index in [0.29, 0.717) is 13.2 Å². The SMILES string of the molecule is Cc1csc([C@H](C)CNC(=O)N[C@H]2COc3ccccc32)n1. The van der Waals surface area contributed by atoms with E-state index < -0.39 is 0 Å². The van der Waals surface area contributed by atoms with Crippen molar-refractivity contribution in [2.75, 3.05) is 13.2 Å². The Hall–Kier alpha value is -2.08. The summed E-state index contributed by atoms with van der Waals surface area (Å²) in [6, 6.07) is 7.51. The molecule has 116 valence electrons. The van der Waals surface area contributed by atoms with Gasteiger partial charge in [0.1, 0.15) is 12.4 Å². The first-order valence-electron chi connectivity index (χ1n) is 7.31. The number of nitrogens with one attached hydrogen (secondary N) is 2. The van der Waals surface area contributed by atoms with Crippen molar-refractivity contribution in [1.82, 2.24) is 15.6 Å². The number of carbonyl (C=O) groups is 1. The molecule has 6 heteroatoms. The van der Waals surface area contributed by atoms with Gasteiger partial charge in [0.05, 0.1) is 11.0 Å². The van der Waals surface area contributed by atoms with Crippen LogP contribution in [0.5, 0.6) is 5.75 Å². The lowest BCUT2D eigenvalue weighted by atomic mass is 10.1. The van der Waals surface area contributed by atoms with Crippen molar-refractivity contribution in [1.29, 1.82) is 0 Å². The molecule has 0 spiro atoms. The average Bonchev–Trinajstić information content (AvgIpc) is 3.12. The lowest BCUT2D eigenvalue weighted by molar-refractivity contribution is 0.231. The maximum Gasteiger partial charge on any atom is 0.315 e. The van der Waals surface area contributed by atoms with Crippen LogP contribution in [0.1, 0.15) is 35.1 Å². The molecule has 2 atom stereocenters. The van der Waals surface area contributed by atoms with Crippen molar-refractivity contribution in [3.63, 3.8) is 0 Å². The topological polar surface area (TPSA) is 63.2 Å². The van der Waals surface area contributed by atoms with Crippen molar-refractivity contribution in [2.45, 2.75) is 25.8 Å². The number of thiazole rings is 1. The summed E-state index contributed by atoms with van der Waals surface area (Å²) in [6.07, 6.45) is 0. The van der Waals surface area contributed by atoms with Gasteiger partial charge in [0.2, 0.25) is 0 Å². The summed E-state index contributed by atoms with van der Waals surface area (Å²) in [6.45, 7) is 5.08. The van der Waals surface area contributed by atoms with Gasteiger partial charge in [-0.25, -0.2) is 9.78 Å². The fourth-order valence-corrected chi connectivity index (χ4v) is 3.28. The summed E-state index contributed by atoms with van der Waals surface area (Å²) in [4.78, 5) is 16.5. The van der Waals surface area contributed by atoms with Gasteiger partial charge in [-0.1, -0.05) is 25.1 Å². The minimum atomic E-state index is -0.176. The van der Waals surface area contributed by atoms with Crippen LogP contribution < -0.4 is 15.4 Å². The zero-order chi connectivity index (χ0) is 15.5. The molecule has 0 fully saturated rings. The van der Waals surface area contributed by atoms with Crippen molar-refractivity contribution in [3.8, 4) is 5.75 Å². The fraction of sp³-hybridized carbons (Fsp3) is 0.375. The number of ether oxygens (including phenoxy) is 1. The second-order valence-corrected chi connectivity index (χ2v) is 6.37. The van der Waals surface area contributed by atoms with Crippen LogP contribution in [-0.2, 0) is 0 Å². The standard InChI is InChI=1S/C16H19N3O2S/c1-10(15-18-11(2)9-22-15)7-17-16(20)19-13-8-21-14-6-4-3-5-12(13)14/h3-6,9-10,13H,7-8H2,1-2H3,(H2,17,19,20)/t10-,13+/m1/s1. The Morgan fingerprint density at radius 3 is 3.09 bits per heavy atom. The lowest BCUT2D eigenvalue weighted by Crippen LogP contribution is -2.40. The van der Waals surface area contributed by atoms with Crippen molar-refractivity contribution < 1.29 is 9.53 Å². The number of nitrogens with zero attached hydrogens (tertiary/aromatic N) is 1. The normalized spacial score (nSPS) is 17.5. The summed E-state index contributed by atoms with van der Waals surface area (Å²) in [5, 5.41) is 8.94. The van der Waals surface area contributed by atoms with Crippen LogP contribution in [0.3, 0.4) is 0 Å². The van der Waals surface area contributed by atoms with E-state index in [4.69, 9.17) is 4.74 Å². The number of carbonyl (C=O) groups excluding carboxylic acids is 1. The molecule has 22 heavy (non-hydrogen) atoms. The second kappa shape index (κ2) is 6.36. The van der Waals surface area contributed by atoms with Gasteiger partial charge in [-0.2, -0.15) is 0 Å².